The number of fused-ring (bicyclic) bond motifs is 1. The fourth-order valence-electron chi connectivity index (χ4n) is 3.06. The van der Waals surface area contributed by atoms with Gasteiger partial charge in [-0.3, -0.25) is 9.69 Å². The molecule has 3 rings (SSSR count). The number of rotatable bonds is 6. The number of nitrogens with one attached hydrogen (secondary N) is 1. The third kappa shape index (κ3) is 4.80. The molecule has 1 aromatic heterocycles. The third-order valence-electron chi connectivity index (χ3n) is 4.28. The Labute approximate surface area is 153 Å². The number of thiazole rings is 1. The van der Waals surface area contributed by atoms with Crippen molar-refractivity contribution in [1.29, 1.82) is 0 Å². The standard InChI is InChI=1S/C19H25N3O2S/c1-13(2)8-18(23)21-19-20-16(12-25-19)11-22-7-6-14-9-17(24-3)5-4-15(14)10-22/h4-5,9,12-13H,6-8,10-11H2,1-3H3,(H,20,21,23). The lowest BCUT2D eigenvalue weighted by molar-refractivity contribution is -0.116. The number of amides is 1. The third-order valence-corrected chi connectivity index (χ3v) is 5.09. The summed E-state index contributed by atoms with van der Waals surface area (Å²) in [7, 11) is 1.70. The average molecular weight is 359 g/mol. The molecule has 0 aliphatic carbocycles. The van der Waals surface area contributed by atoms with Crippen LogP contribution < -0.4 is 10.1 Å². The lowest BCUT2D eigenvalue weighted by atomic mass is 9.99. The summed E-state index contributed by atoms with van der Waals surface area (Å²) in [6.45, 7) is 6.81. The highest BCUT2D eigenvalue weighted by molar-refractivity contribution is 7.13. The van der Waals surface area contributed by atoms with Crippen LogP contribution in [0.25, 0.3) is 0 Å². The maximum Gasteiger partial charge on any atom is 0.226 e. The molecule has 0 unspecified atom stereocenters. The first-order valence-electron chi connectivity index (χ1n) is 8.66. The molecule has 1 aliphatic rings. The molecule has 0 radical (unpaired) electrons. The van der Waals surface area contributed by atoms with Gasteiger partial charge in [-0.05, 0) is 35.6 Å². The molecule has 0 spiro atoms. The van der Waals surface area contributed by atoms with Crippen LogP contribution in [0.3, 0.4) is 0 Å². The molecule has 0 fully saturated rings. The second kappa shape index (κ2) is 7.97. The number of aromatic nitrogens is 1. The zero-order chi connectivity index (χ0) is 17.8. The van der Waals surface area contributed by atoms with Gasteiger partial charge in [0.05, 0.1) is 12.8 Å². The fourth-order valence-corrected chi connectivity index (χ4v) is 3.77. The van der Waals surface area contributed by atoms with E-state index in [9.17, 15) is 4.79 Å². The van der Waals surface area contributed by atoms with Gasteiger partial charge in [0.1, 0.15) is 5.75 Å². The van der Waals surface area contributed by atoms with Gasteiger partial charge in [0.15, 0.2) is 5.13 Å². The van der Waals surface area contributed by atoms with Crippen molar-refractivity contribution in [2.24, 2.45) is 5.92 Å². The van der Waals surface area contributed by atoms with Crippen molar-refractivity contribution in [3.63, 3.8) is 0 Å². The monoisotopic (exact) mass is 359 g/mol. The van der Waals surface area contributed by atoms with E-state index in [-0.39, 0.29) is 5.91 Å². The Balaban J connectivity index is 1.57. The molecule has 0 bridgehead atoms. The van der Waals surface area contributed by atoms with Crippen LogP contribution in [0.4, 0.5) is 5.13 Å². The van der Waals surface area contributed by atoms with Crippen LogP contribution >= 0.6 is 11.3 Å². The Kier molecular flexibility index (Phi) is 5.71. The highest BCUT2D eigenvalue weighted by atomic mass is 32.1. The van der Waals surface area contributed by atoms with Crippen LogP contribution in [-0.4, -0.2) is 29.4 Å². The molecule has 2 heterocycles. The molecule has 1 aliphatic heterocycles. The predicted octanol–water partition coefficient (Wildman–Crippen LogP) is 3.69. The van der Waals surface area contributed by atoms with Crippen molar-refractivity contribution in [2.75, 3.05) is 19.0 Å². The summed E-state index contributed by atoms with van der Waals surface area (Å²) >= 11 is 1.50. The van der Waals surface area contributed by atoms with E-state index >= 15 is 0 Å². The van der Waals surface area contributed by atoms with E-state index in [1.165, 1.54) is 22.5 Å². The van der Waals surface area contributed by atoms with Crippen LogP contribution in [-0.2, 0) is 24.3 Å². The van der Waals surface area contributed by atoms with Crippen molar-refractivity contribution in [2.45, 2.75) is 39.8 Å². The van der Waals surface area contributed by atoms with Gasteiger partial charge < -0.3 is 10.1 Å². The summed E-state index contributed by atoms with van der Waals surface area (Å²) in [6.07, 6.45) is 1.55. The van der Waals surface area contributed by atoms with Gasteiger partial charge >= 0.3 is 0 Å². The van der Waals surface area contributed by atoms with Crippen molar-refractivity contribution in [3.8, 4) is 5.75 Å². The number of carbonyl (C=O) groups is 1. The van der Waals surface area contributed by atoms with Gasteiger partial charge in [-0.15, -0.1) is 11.3 Å². The zero-order valence-corrected chi connectivity index (χ0v) is 15.9. The number of benzene rings is 1. The van der Waals surface area contributed by atoms with Crippen LogP contribution in [0.5, 0.6) is 5.75 Å². The fraction of sp³-hybridized carbons (Fsp3) is 0.474. The molecule has 134 valence electrons. The Hall–Kier alpha value is -1.92. The average Bonchev–Trinajstić information content (AvgIpc) is 3.00. The molecule has 25 heavy (non-hydrogen) atoms. The minimum absolute atomic E-state index is 0.0387. The topological polar surface area (TPSA) is 54.5 Å². The molecule has 5 nitrogen and oxygen atoms in total. The first-order chi connectivity index (χ1) is 12.0. The zero-order valence-electron chi connectivity index (χ0n) is 15.0. The van der Waals surface area contributed by atoms with E-state index in [1.807, 2.05) is 25.3 Å². The minimum atomic E-state index is 0.0387. The molecule has 0 atom stereocenters. The quantitative estimate of drug-likeness (QED) is 0.854. The van der Waals surface area contributed by atoms with Crippen molar-refractivity contribution in [1.82, 2.24) is 9.88 Å². The molecule has 6 heteroatoms. The van der Waals surface area contributed by atoms with Crippen molar-refractivity contribution in [3.05, 3.63) is 40.4 Å². The number of methoxy groups -OCH3 is 1. The number of nitrogens with zero attached hydrogens (tertiary/aromatic N) is 2. The summed E-state index contributed by atoms with van der Waals surface area (Å²) in [4.78, 5) is 18.8. The first-order valence-corrected chi connectivity index (χ1v) is 9.54. The Morgan fingerprint density at radius 1 is 1.40 bits per heavy atom. The summed E-state index contributed by atoms with van der Waals surface area (Å²) < 4.78 is 5.30. The van der Waals surface area contributed by atoms with Gasteiger partial charge in [-0.1, -0.05) is 19.9 Å². The van der Waals surface area contributed by atoms with Crippen LogP contribution in [0, 0.1) is 5.92 Å². The SMILES string of the molecule is COc1ccc2c(c1)CCN(Cc1csc(NC(=O)CC(C)C)n1)C2. The minimum Gasteiger partial charge on any atom is -0.497 e. The second-order valence-corrected chi connectivity index (χ2v) is 7.74. The molecule has 0 saturated heterocycles. The largest absolute Gasteiger partial charge is 0.497 e. The molecule has 1 aromatic carbocycles. The summed E-state index contributed by atoms with van der Waals surface area (Å²) in [6, 6.07) is 6.31. The molecular formula is C19H25N3O2S. The molecule has 1 N–H and O–H groups in total. The second-order valence-electron chi connectivity index (χ2n) is 6.89. The lowest BCUT2D eigenvalue weighted by Crippen LogP contribution is -2.30. The normalized spacial score (nSPS) is 14.4. The van der Waals surface area contributed by atoms with E-state index in [0.717, 1.165) is 37.5 Å². The molecule has 1 amide bonds. The van der Waals surface area contributed by atoms with Gasteiger partial charge in [-0.25, -0.2) is 4.98 Å². The summed E-state index contributed by atoms with van der Waals surface area (Å²) in [5.41, 5.74) is 3.74. The van der Waals surface area contributed by atoms with E-state index in [1.54, 1.807) is 7.11 Å². The highest BCUT2D eigenvalue weighted by Crippen LogP contribution is 2.25. The van der Waals surface area contributed by atoms with Crippen LogP contribution in [0.15, 0.2) is 23.6 Å². The molecule has 2 aromatic rings. The first kappa shape index (κ1) is 17.9. The molecule has 0 saturated carbocycles. The maximum absolute atomic E-state index is 11.8. The number of carbonyl (C=O) groups excluding carboxylic acids is 1. The Bertz CT molecular complexity index is 742. The van der Waals surface area contributed by atoms with Crippen LogP contribution in [0.2, 0.25) is 0 Å². The molecular weight excluding hydrogens is 334 g/mol. The van der Waals surface area contributed by atoms with Crippen LogP contribution in [0.1, 0.15) is 37.1 Å². The van der Waals surface area contributed by atoms with Gasteiger partial charge in [-0.2, -0.15) is 0 Å². The van der Waals surface area contributed by atoms with E-state index in [0.29, 0.717) is 17.5 Å². The van der Waals surface area contributed by atoms with Gasteiger partial charge in [0.2, 0.25) is 5.91 Å². The number of hydrogen-bond donors (Lipinski definition) is 1. The van der Waals surface area contributed by atoms with Gasteiger partial charge in [0, 0.05) is 31.4 Å². The van der Waals surface area contributed by atoms with E-state index in [2.05, 4.69) is 27.3 Å². The van der Waals surface area contributed by atoms with E-state index < -0.39 is 0 Å². The highest BCUT2D eigenvalue weighted by Gasteiger charge is 2.18. The smallest absolute Gasteiger partial charge is 0.226 e. The van der Waals surface area contributed by atoms with Crippen molar-refractivity contribution >= 4 is 22.4 Å². The number of ether oxygens (including phenoxy) is 1. The maximum atomic E-state index is 11.8. The predicted molar refractivity (Wildman–Crippen MR) is 101 cm³/mol. The number of anilines is 1. The van der Waals surface area contributed by atoms with Gasteiger partial charge in [0.25, 0.3) is 0 Å². The number of hydrogen-bond acceptors (Lipinski definition) is 5. The Morgan fingerprint density at radius 3 is 3.00 bits per heavy atom. The summed E-state index contributed by atoms with van der Waals surface area (Å²) in [5, 5.41) is 5.63. The van der Waals surface area contributed by atoms with E-state index in [4.69, 9.17) is 4.74 Å². The lowest BCUT2D eigenvalue weighted by Gasteiger charge is -2.28. The summed E-state index contributed by atoms with van der Waals surface area (Å²) in [5.74, 6) is 1.32. The Morgan fingerprint density at radius 2 is 2.24 bits per heavy atom. The van der Waals surface area contributed by atoms with Crippen molar-refractivity contribution < 1.29 is 9.53 Å².